The van der Waals surface area contributed by atoms with E-state index in [0.29, 0.717) is 11.1 Å². The van der Waals surface area contributed by atoms with E-state index in [1.165, 1.54) is 60.7 Å². The number of hydrogen-bond acceptors (Lipinski definition) is 6. The molecule has 6 nitrogen and oxygen atoms in total. The van der Waals surface area contributed by atoms with Crippen LogP contribution in [0.5, 0.6) is 11.5 Å². The molecular weight excluding hydrogens is 479 g/mol. The zero-order chi connectivity index (χ0) is 24.5. The summed E-state index contributed by atoms with van der Waals surface area (Å²) in [7, 11) is 0. The number of carbonyl (C=O) groups excluding carboxylic acids is 4. The van der Waals surface area contributed by atoms with Crippen molar-refractivity contribution < 1.29 is 28.7 Å². The van der Waals surface area contributed by atoms with E-state index in [9.17, 15) is 19.2 Å². The highest BCUT2D eigenvalue weighted by Gasteiger charge is 2.05. The van der Waals surface area contributed by atoms with Gasteiger partial charge in [0.25, 0.3) is 10.5 Å². The maximum absolute atomic E-state index is 12.0. The molecule has 0 heterocycles. The van der Waals surface area contributed by atoms with Crippen molar-refractivity contribution in [2.24, 2.45) is 0 Å². The van der Waals surface area contributed by atoms with Gasteiger partial charge in [0.15, 0.2) is 0 Å². The Bertz CT molecular complexity index is 1160. The minimum absolute atomic E-state index is 0.284. The molecule has 0 saturated carbocycles. The SMILES string of the molecule is O=C(/C=C/c1ccc(/C=C/C(=O)Oc2ccc(C(=O)Cl)cc2)cc1)Oc1ccc(C(=O)Cl)cc1. The van der Waals surface area contributed by atoms with Crippen LogP contribution in [0.15, 0.2) is 84.9 Å². The molecule has 0 aliphatic rings. The van der Waals surface area contributed by atoms with Crippen molar-refractivity contribution in [3.05, 3.63) is 107 Å². The highest BCUT2D eigenvalue weighted by Crippen LogP contribution is 2.16. The number of rotatable bonds is 8. The summed E-state index contributed by atoms with van der Waals surface area (Å²) in [5, 5.41) is -1.19. The Kier molecular flexibility index (Phi) is 8.51. The molecule has 0 spiro atoms. The van der Waals surface area contributed by atoms with Gasteiger partial charge in [-0.1, -0.05) is 24.3 Å². The predicted molar refractivity (Wildman–Crippen MR) is 129 cm³/mol. The Hall–Kier alpha value is -4.00. The van der Waals surface area contributed by atoms with Crippen LogP contribution in [0.1, 0.15) is 31.8 Å². The summed E-state index contributed by atoms with van der Waals surface area (Å²) in [6.45, 7) is 0. The highest BCUT2D eigenvalue weighted by molar-refractivity contribution is 6.68. The molecule has 8 heteroatoms. The van der Waals surface area contributed by atoms with Crippen molar-refractivity contribution in [3.63, 3.8) is 0 Å². The van der Waals surface area contributed by atoms with Crippen LogP contribution in [-0.4, -0.2) is 22.4 Å². The van der Waals surface area contributed by atoms with Gasteiger partial charge in [-0.05, 0) is 95.0 Å². The van der Waals surface area contributed by atoms with E-state index in [2.05, 4.69) is 0 Å². The second-order valence-electron chi connectivity index (χ2n) is 6.77. The van der Waals surface area contributed by atoms with Crippen LogP contribution in [0.4, 0.5) is 0 Å². The van der Waals surface area contributed by atoms with Gasteiger partial charge in [-0.3, -0.25) is 9.59 Å². The Balaban J connectivity index is 1.51. The molecule has 0 amide bonds. The van der Waals surface area contributed by atoms with Crippen LogP contribution in [-0.2, 0) is 9.59 Å². The molecule has 34 heavy (non-hydrogen) atoms. The Morgan fingerprint density at radius 3 is 1.15 bits per heavy atom. The van der Waals surface area contributed by atoms with Crippen molar-refractivity contribution >= 4 is 57.8 Å². The molecule has 0 fully saturated rings. The maximum Gasteiger partial charge on any atom is 0.336 e. The number of carbonyl (C=O) groups is 4. The minimum atomic E-state index is -0.593. The van der Waals surface area contributed by atoms with E-state index in [1.807, 2.05) is 0 Å². The predicted octanol–water partition coefficient (Wildman–Crippen LogP) is 5.68. The first kappa shape index (κ1) is 24.6. The lowest BCUT2D eigenvalue weighted by atomic mass is 10.1. The summed E-state index contributed by atoms with van der Waals surface area (Å²) in [4.78, 5) is 46.0. The molecule has 3 aromatic rings. The van der Waals surface area contributed by atoms with Crippen LogP contribution < -0.4 is 9.47 Å². The number of hydrogen-bond donors (Lipinski definition) is 0. The third-order valence-electron chi connectivity index (χ3n) is 4.36. The maximum atomic E-state index is 12.0. The van der Waals surface area contributed by atoms with Gasteiger partial charge in [0.2, 0.25) is 0 Å². The van der Waals surface area contributed by atoms with Gasteiger partial charge in [0.1, 0.15) is 11.5 Å². The van der Waals surface area contributed by atoms with Gasteiger partial charge in [0, 0.05) is 23.3 Å². The first-order chi connectivity index (χ1) is 16.3. The van der Waals surface area contributed by atoms with Gasteiger partial charge in [-0.25, -0.2) is 9.59 Å². The quantitative estimate of drug-likeness (QED) is 0.173. The lowest BCUT2D eigenvalue weighted by molar-refractivity contribution is -0.129. The molecule has 0 aromatic heterocycles. The second-order valence-corrected chi connectivity index (χ2v) is 7.46. The van der Waals surface area contributed by atoms with Crippen LogP contribution in [0, 0.1) is 0 Å². The first-order valence-electron chi connectivity index (χ1n) is 9.80. The molecule has 0 radical (unpaired) electrons. The summed E-state index contributed by atoms with van der Waals surface area (Å²) in [5.74, 6) is -0.598. The van der Waals surface area contributed by atoms with E-state index in [4.69, 9.17) is 32.7 Å². The van der Waals surface area contributed by atoms with E-state index < -0.39 is 22.4 Å². The lowest BCUT2D eigenvalue weighted by Gasteiger charge is -2.02. The lowest BCUT2D eigenvalue weighted by Crippen LogP contribution is -2.04. The molecule has 0 bridgehead atoms. The normalized spacial score (nSPS) is 10.9. The average Bonchev–Trinajstić information content (AvgIpc) is 2.83. The van der Waals surface area contributed by atoms with Crippen molar-refractivity contribution in [1.82, 2.24) is 0 Å². The van der Waals surface area contributed by atoms with Crippen LogP contribution in [0.2, 0.25) is 0 Å². The first-order valence-corrected chi connectivity index (χ1v) is 10.6. The minimum Gasteiger partial charge on any atom is -0.423 e. The van der Waals surface area contributed by atoms with Gasteiger partial charge in [-0.15, -0.1) is 0 Å². The molecule has 170 valence electrons. The molecule has 0 aliphatic carbocycles. The van der Waals surface area contributed by atoms with Gasteiger partial charge in [-0.2, -0.15) is 0 Å². The molecular formula is C26H16Cl2O6. The van der Waals surface area contributed by atoms with Gasteiger partial charge < -0.3 is 9.47 Å². The number of ether oxygens (including phenoxy) is 2. The van der Waals surface area contributed by atoms with E-state index in [0.717, 1.165) is 11.1 Å². The van der Waals surface area contributed by atoms with E-state index in [-0.39, 0.29) is 11.5 Å². The van der Waals surface area contributed by atoms with Crippen molar-refractivity contribution in [2.45, 2.75) is 0 Å². The zero-order valence-corrected chi connectivity index (χ0v) is 19.0. The third-order valence-corrected chi connectivity index (χ3v) is 4.80. The van der Waals surface area contributed by atoms with Crippen molar-refractivity contribution in [3.8, 4) is 11.5 Å². The smallest absolute Gasteiger partial charge is 0.336 e. The summed E-state index contributed by atoms with van der Waals surface area (Å²) < 4.78 is 10.3. The fourth-order valence-corrected chi connectivity index (χ4v) is 2.91. The zero-order valence-electron chi connectivity index (χ0n) is 17.4. The fourth-order valence-electron chi connectivity index (χ4n) is 2.66. The third kappa shape index (κ3) is 7.55. The van der Waals surface area contributed by atoms with Gasteiger partial charge >= 0.3 is 11.9 Å². The number of halogens is 2. The van der Waals surface area contributed by atoms with Gasteiger partial charge in [0.05, 0.1) is 0 Å². The van der Waals surface area contributed by atoms with Crippen molar-refractivity contribution in [1.29, 1.82) is 0 Å². The largest absolute Gasteiger partial charge is 0.423 e. The summed E-state index contributed by atoms with van der Waals surface area (Å²) in [6, 6.07) is 18.8. The summed E-state index contributed by atoms with van der Waals surface area (Å²) in [6.07, 6.45) is 5.70. The molecule has 0 atom stereocenters. The highest BCUT2D eigenvalue weighted by atomic mass is 35.5. The van der Waals surface area contributed by atoms with E-state index >= 15 is 0 Å². The Labute approximate surface area is 205 Å². The summed E-state index contributed by atoms with van der Waals surface area (Å²) in [5.41, 5.74) is 2.10. The number of benzene rings is 3. The van der Waals surface area contributed by atoms with E-state index in [1.54, 1.807) is 36.4 Å². The standard InChI is InChI=1S/C26H16Cl2O6/c27-25(31)19-7-11-21(12-8-19)33-23(29)15-5-17-1-2-18(4-3-17)6-16-24(30)34-22-13-9-20(10-14-22)26(28)32/h1-16H/b15-5+,16-6+. The second kappa shape index (κ2) is 11.7. The Morgan fingerprint density at radius 1 is 0.529 bits per heavy atom. The molecule has 0 aliphatic heterocycles. The topological polar surface area (TPSA) is 86.7 Å². The molecule has 0 saturated heterocycles. The van der Waals surface area contributed by atoms with Crippen LogP contribution >= 0.6 is 23.2 Å². The molecule has 3 aromatic carbocycles. The van der Waals surface area contributed by atoms with Crippen LogP contribution in [0.25, 0.3) is 12.2 Å². The van der Waals surface area contributed by atoms with Crippen LogP contribution in [0.3, 0.4) is 0 Å². The molecule has 3 rings (SSSR count). The Morgan fingerprint density at radius 2 is 0.853 bits per heavy atom. The monoisotopic (exact) mass is 494 g/mol. The summed E-state index contributed by atoms with van der Waals surface area (Å²) >= 11 is 10.7. The molecule has 0 N–H and O–H groups in total. The van der Waals surface area contributed by atoms with Crippen molar-refractivity contribution in [2.75, 3.05) is 0 Å². The molecule has 0 unspecified atom stereocenters. The fraction of sp³-hybridized carbons (Fsp3) is 0. The average molecular weight is 495 g/mol. The number of esters is 2.